The Morgan fingerprint density at radius 2 is 1.96 bits per heavy atom. The number of amides is 1. The molecule has 0 atom stereocenters. The molecule has 1 aromatic heterocycles. The lowest BCUT2D eigenvalue weighted by atomic mass is 10.2. The van der Waals surface area contributed by atoms with Crippen LogP contribution in [0.2, 0.25) is 0 Å². The molecule has 23 heavy (non-hydrogen) atoms. The van der Waals surface area contributed by atoms with Crippen molar-refractivity contribution in [3.05, 3.63) is 46.2 Å². The second-order valence-electron chi connectivity index (χ2n) is 5.26. The van der Waals surface area contributed by atoms with Crippen LogP contribution in [0.1, 0.15) is 28.9 Å². The predicted octanol–water partition coefficient (Wildman–Crippen LogP) is 2.88. The quantitative estimate of drug-likeness (QED) is 0.836. The van der Waals surface area contributed by atoms with E-state index >= 15 is 0 Å². The smallest absolute Gasteiger partial charge is 0.303 e. The van der Waals surface area contributed by atoms with Crippen molar-refractivity contribution < 1.29 is 14.7 Å². The first kappa shape index (κ1) is 17.2. The highest BCUT2D eigenvalue weighted by Gasteiger charge is 2.18. The monoisotopic (exact) mass is 379 g/mol. The molecule has 1 aromatic carbocycles. The molecule has 0 saturated carbocycles. The van der Waals surface area contributed by atoms with Crippen molar-refractivity contribution in [1.82, 2.24) is 14.7 Å². The molecular weight excluding hydrogens is 362 g/mol. The number of aliphatic carboxylic acids is 1. The Kier molecular flexibility index (Phi) is 5.54. The predicted molar refractivity (Wildman–Crippen MR) is 89.8 cm³/mol. The number of halogens is 1. The van der Waals surface area contributed by atoms with E-state index in [2.05, 4.69) is 21.0 Å². The summed E-state index contributed by atoms with van der Waals surface area (Å²) < 4.78 is 2.69. The van der Waals surface area contributed by atoms with Crippen LogP contribution in [0.3, 0.4) is 0 Å². The number of aromatic nitrogens is 2. The molecule has 0 bridgehead atoms. The molecule has 2 aromatic rings. The Morgan fingerprint density at radius 3 is 2.57 bits per heavy atom. The van der Waals surface area contributed by atoms with Crippen molar-refractivity contribution in [3.63, 3.8) is 0 Å². The fraction of sp³-hybridized carbons (Fsp3) is 0.312. The van der Waals surface area contributed by atoms with E-state index in [0.29, 0.717) is 18.5 Å². The lowest BCUT2D eigenvalue weighted by molar-refractivity contribution is -0.137. The van der Waals surface area contributed by atoms with Gasteiger partial charge in [0.05, 0.1) is 23.1 Å². The summed E-state index contributed by atoms with van der Waals surface area (Å²) in [7, 11) is 1.67. The maximum atomic E-state index is 12.5. The summed E-state index contributed by atoms with van der Waals surface area (Å²) in [5, 5.41) is 12.9. The van der Waals surface area contributed by atoms with Gasteiger partial charge in [0.25, 0.3) is 5.91 Å². The van der Waals surface area contributed by atoms with E-state index in [1.165, 1.54) is 4.90 Å². The summed E-state index contributed by atoms with van der Waals surface area (Å²) in [5.74, 6) is -1.01. The molecule has 1 amide bonds. The fourth-order valence-electron chi connectivity index (χ4n) is 2.24. The number of carbonyl (C=O) groups excluding carboxylic acids is 1. The zero-order valence-electron chi connectivity index (χ0n) is 13.0. The number of rotatable bonds is 6. The van der Waals surface area contributed by atoms with Crippen LogP contribution in [-0.2, 0) is 4.79 Å². The molecule has 0 saturated heterocycles. The summed E-state index contributed by atoms with van der Waals surface area (Å²) in [6.45, 7) is 2.24. The van der Waals surface area contributed by atoms with Crippen molar-refractivity contribution in [2.24, 2.45) is 0 Å². The molecule has 0 aliphatic rings. The number of hydrogen-bond acceptors (Lipinski definition) is 3. The van der Waals surface area contributed by atoms with Crippen molar-refractivity contribution in [2.45, 2.75) is 19.8 Å². The van der Waals surface area contributed by atoms with Crippen LogP contribution in [0.15, 0.2) is 34.9 Å². The van der Waals surface area contributed by atoms with E-state index < -0.39 is 5.97 Å². The minimum atomic E-state index is -0.856. The highest BCUT2D eigenvalue weighted by Crippen LogP contribution is 2.18. The van der Waals surface area contributed by atoms with Crippen molar-refractivity contribution in [2.75, 3.05) is 13.6 Å². The summed E-state index contributed by atoms with van der Waals surface area (Å²) in [5.41, 5.74) is 2.14. The molecule has 2 rings (SSSR count). The number of carbonyl (C=O) groups is 2. The van der Waals surface area contributed by atoms with Gasteiger partial charge >= 0.3 is 5.97 Å². The molecule has 7 heteroatoms. The third-order valence-electron chi connectivity index (χ3n) is 3.54. The van der Waals surface area contributed by atoms with E-state index in [9.17, 15) is 9.59 Å². The first-order valence-corrected chi connectivity index (χ1v) is 7.97. The highest BCUT2D eigenvalue weighted by atomic mass is 79.9. The van der Waals surface area contributed by atoms with E-state index in [1.54, 1.807) is 17.9 Å². The van der Waals surface area contributed by atoms with E-state index in [4.69, 9.17) is 5.11 Å². The standard InChI is InChI=1S/C16H18BrN3O3/c1-11-14(16(23)19(2)9-3-4-15(21)22)10-18-20(11)13-7-5-12(17)6-8-13/h5-8,10H,3-4,9H2,1-2H3,(H,21,22). The van der Waals surface area contributed by atoms with E-state index in [0.717, 1.165) is 15.9 Å². The van der Waals surface area contributed by atoms with Gasteiger partial charge in [-0.25, -0.2) is 4.68 Å². The third-order valence-corrected chi connectivity index (χ3v) is 4.07. The average Bonchev–Trinajstić information content (AvgIpc) is 2.88. The second kappa shape index (κ2) is 7.41. The zero-order valence-corrected chi connectivity index (χ0v) is 14.6. The van der Waals surface area contributed by atoms with Crippen LogP contribution < -0.4 is 0 Å². The molecule has 0 unspecified atom stereocenters. The molecule has 6 nitrogen and oxygen atoms in total. The largest absolute Gasteiger partial charge is 0.481 e. The van der Waals surface area contributed by atoms with Gasteiger partial charge in [-0.15, -0.1) is 0 Å². The Labute approximate surface area is 142 Å². The molecule has 0 radical (unpaired) electrons. The SMILES string of the molecule is Cc1c(C(=O)N(C)CCCC(=O)O)cnn1-c1ccc(Br)cc1. The summed E-state index contributed by atoms with van der Waals surface area (Å²) in [6.07, 6.45) is 2.03. The van der Waals surface area contributed by atoms with Crippen molar-refractivity contribution in [1.29, 1.82) is 0 Å². The highest BCUT2D eigenvalue weighted by molar-refractivity contribution is 9.10. The van der Waals surface area contributed by atoms with Crippen LogP contribution in [0.5, 0.6) is 0 Å². The lowest BCUT2D eigenvalue weighted by Crippen LogP contribution is -2.28. The Balaban J connectivity index is 2.13. The average molecular weight is 380 g/mol. The molecule has 1 heterocycles. The maximum absolute atomic E-state index is 12.5. The van der Waals surface area contributed by atoms with Gasteiger partial charge in [-0.1, -0.05) is 15.9 Å². The van der Waals surface area contributed by atoms with Gasteiger partial charge in [0.1, 0.15) is 0 Å². The number of nitrogens with zero attached hydrogens (tertiary/aromatic N) is 3. The Bertz CT molecular complexity index is 710. The van der Waals surface area contributed by atoms with Crippen LogP contribution in [-0.4, -0.2) is 45.3 Å². The van der Waals surface area contributed by atoms with E-state index in [-0.39, 0.29) is 12.3 Å². The van der Waals surface area contributed by atoms with Gasteiger partial charge in [0.15, 0.2) is 0 Å². The van der Waals surface area contributed by atoms with Crippen LogP contribution in [0.4, 0.5) is 0 Å². The van der Waals surface area contributed by atoms with Gasteiger partial charge in [0, 0.05) is 24.5 Å². The zero-order chi connectivity index (χ0) is 17.0. The molecule has 0 spiro atoms. The van der Waals surface area contributed by atoms with Crippen LogP contribution >= 0.6 is 15.9 Å². The summed E-state index contributed by atoms with van der Waals surface area (Å²) in [4.78, 5) is 24.5. The first-order chi connectivity index (χ1) is 10.9. The van der Waals surface area contributed by atoms with Gasteiger partial charge in [-0.05, 0) is 37.6 Å². The van der Waals surface area contributed by atoms with Gasteiger partial charge in [-0.2, -0.15) is 5.10 Å². The molecular formula is C16H18BrN3O3. The number of carboxylic acid groups (broad SMARTS) is 1. The summed E-state index contributed by atoms with van der Waals surface area (Å²) >= 11 is 3.39. The number of hydrogen-bond donors (Lipinski definition) is 1. The molecule has 0 fully saturated rings. The molecule has 1 N–H and O–H groups in total. The second-order valence-corrected chi connectivity index (χ2v) is 6.17. The number of benzene rings is 1. The van der Waals surface area contributed by atoms with Crippen molar-refractivity contribution in [3.8, 4) is 5.69 Å². The fourth-order valence-corrected chi connectivity index (χ4v) is 2.50. The Morgan fingerprint density at radius 1 is 1.30 bits per heavy atom. The summed E-state index contributed by atoms with van der Waals surface area (Å²) in [6, 6.07) is 7.65. The third kappa shape index (κ3) is 4.19. The normalized spacial score (nSPS) is 10.6. The van der Waals surface area contributed by atoms with E-state index in [1.807, 2.05) is 31.2 Å². The maximum Gasteiger partial charge on any atom is 0.303 e. The first-order valence-electron chi connectivity index (χ1n) is 7.18. The number of carboxylic acids is 1. The minimum Gasteiger partial charge on any atom is -0.481 e. The molecule has 0 aliphatic carbocycles. The van der Waals surface area contributed by atoms with Crippen LogP contribution in [0.25, 0.3) is 5.69 Å². The lowest BCUT2D eigenvalue weighted by Gasteiger charge is -2.16. The molecule has 0 aliphatic heterocycles. The van der Waals surface area contributed by atoms with Gasteiger partial charge in [0.2, 0.25) is 0 Å². The van der Waals surface area contributed by atoms with Gasteiger partial charge < -0.3 is 10.0 Å². The minimum absolute atomic E-state index is 0.0504. The van der Waals surface area contributed by atoms with Crippen molar-refractivity contribution >= 4 is 27.8 Å². The van der Waals surface area contributed by atoms with Gasteiger partial charge in [-0.3, -0.25) is 9.59 Å². The van der Waals surface area contributed by atoms with Crippen LogP contribution in [0, 0.1) is 6.92 Å². The Hall–Kier alpha value is -2.15. The molecule has 122 valence electrons. The topological polar surface area (TPSA) is 75.4 Å².